The van der Waals surface area contributed by atoms with Crippen molar-refractivity contribution in [1.82, 2.24) is 19.3 Å². The number of imidazole rings is 1. The van der Waals surface area contributed by atoms with Crippen LogP contribution < -0.4 is 0 Å². The van der Waals surface area contributed by atoms with E-state index in [2.05, 4.69) is 23.1 Å². The maximum atomic E-state index is 9.09. The first kappa shape index (κ1) is 11.9. The van der Waals surface area contributed by atoms with Crippen LogP contribution in [0.2, 0.25) is 0 Å². The lowest BCUT2D eigenvalue weighted by Crippen LogP contribution is -2.08. The van der Waals surface area contributed by atoms with Gasteiger partial charge in [-0.2, -0.15) is 5.10 Å². The predicted octanol–water partition coefficient (Wildman–Crippen LogP) is 1.28. The molecule has 17 heavy (non-hydrogen) atoms. The first-order chi connectivity index (χ1) is 8.20. The third-order valence-corrected chi connectivity index (χ3v) is 2.83. The minimum atomic E-state index is 0.0416. The summed E-state index contributed by atoms with van der Waals surface area (Å²) in [7, 11) is 0. The van der Waals surface area contributed by atoms with Crippen molar-refractivity contribution in [1.29, 1.82) is 0 Å². The van der Waals surface area contributed by atoms with Crippen LogP contribution in [0.1, 0.15) is 23.5 Å². The molecular formula is C12H18N4O. The normalized spacial score (nSPS) is 11.0. The summed E-state index contributed by atoms with van der Waals surface area (Å²) in [5, 5.41) is 13.5. The number of nitrogens with zero attached hydrogens (tertiary/aromatic N) is 4. The van der Waals surface area contributed by atoms with Gasteiger partial charge >= 0.3 is 0 Å². The zero-order chi connectivity index (χ0) is 12.3. The lowest BCUT2D eigenvalue weighted by molar-refractivity contribution is 0.269. The van der Waals surface area contributed by atoms with Crippen LogP contribution >= 0.6 is 0 Å². The van der Waals surface area contributed by atoms with E-state index >= 15 is 0 Å². The number of aromatic nitrogens is 4. The molecule has 2 rings (SSSR count). The van der Waals surface area contributed by atoms with Crippen molar-refractivity contribution in [2.75, 3.05) is 0 Å². The highest BCUT2D eigenvalue weighted by Crippen LogP contribution is 2.05. The van der Waals surface area contributed by atoms with E-state index in [0.717, 1.165) is 30.9 Å². The first-order valence-electron chi connectivity index (χ1n) is 5.81. The number of rotatable bonds is 5. The van der Waals surface area contributed by atoms with Crippen LogP contribution in [0.4, 0.5) is 0 Å². The topological polar surface area (TPSA) is 55.9 Å². The van der Waals surface area contributed by atoms with Gasteiger partial charge in [-0.15, -0.1) is 0 Å². The average Bonchev–Trinajstić information content (AvgIpc) is 2.86. The van der Waals surface area contributed by atoms with Gasteiger partial charge in [0.15, 0.2) is 0 Å². The van der Waals surface area contributed by atoms with Gasteiger partial charge in [0.05, 0.1) is 30.5 Å². The number of aliphatic hydroxyl groups is 1. The molecule has 0 aliphatic rings. The zero-order valence-corrected chi connectivity index (χ0v) is 10.3. The van der Waals surface area contributed by atoms with Gasteiger partial charge < -0.3 is 9.67 Å². The Morgan fingerprint density at radius 2 is 2.12 bits per heavy atom. The van der Waals surface area contributed by atoms with E-state index in [0.29, 0.717) is 0 Å². The molecule has 5 nitrogen and oxygen atoms in total. The number of aliphatic hydroxyl groups excluding tert-OH is 1. The highest BCUT2D eigenvalue weighted by Gasteiger charge is 2.02. The van der Waals surface area contributed by atoms with Crippen LogP contribution in [-0.4, -0.2) is 24.4 Å². The van der Waals surface area contributed by atoms with Gasteiger partial charge in [-0.1, -0.05) is 0 Å². The van der Waals surface area contributed by atoms with Crippen LogP contribution in [0.3, 0.4) is 0 Å². The fraction of sp³-hybridized carbons (Fsp3) is 0.500. The molecular weight excluding hydrogens is 216 g/mol. The lowest BCUT2D eigenvalue weighted by atomic mass is 10.3. The number of aryl methyl sites for hydroxylation is 4. The summed E-state index contributed by atoms with van der Waals surface area (Å²) < 4.78 is 4.00. The van der Waals surface area contributed by atoms with Crippen molar-refractivity contribution >= 4 is 0 Å². The smallest absolute Gasteiger partial charge is 0.0948 e. The lowest BCUT2D eigenvalue weighted by Gasteiger charge is -2.07. The second-order valence-corrected chi connectivity index (χ2v) is 4.24. The van der Waals surface area contributed by atoms with Crippen molar-refractivity contribution < 1.29 is 5.11 Å². The molecule has 0 aliphatic heterocycles. The zero-order valence-electron chi connectivity index (χ0n) is 10.3. The van der Waals surface area contributed by atoms with E-state index in [1.165, 1.54) is 5.69 Å². The van der Waals surface area contributed by atoms with Gasteiger partial charge in [0.2, 0.25) is 0 Å². The molecule has 0 atom stereocenters. The SMILES string of the molecule is Cc1cc(C)n(CCCn2cncc2CO)n1. The van der Waals surface area contributed by atoms with Crippen LogP contribution in [0, 0.1) is 13.8 Å². The third-order valence-electron chi connectivity index (χ3n) is 2.83. The fourth-order valence-corrected chi connectivity index (χ4v) is 1.97. The molecule has 2 aromatic heterocycles. The largest absolute Gasteiger partial charge is 0.390 e. The summed E-state index contributed by atoms with van der Waals surface area (Å²) in [5.41, 5.74) is 3.11. The Morgan fingerprint density at radius 3 is 2.76 bits per heavy atom. The Labute approximate surface area is 101 Å². The molecule has 0 saturated heterocycles. The molecule has 0 aliphatic carbocycles. The fourth-order valence-electron chi connectivity index (χ4n) is 1.97. The molecule has 1 N–H and O–H groups in total. The molecule has 0 aromatic carbocycles. The Hall–Kier alpha value is -1.62. The van der Waals surface area contributed by atoms with E-state index in [9.17, 15) is 0 Å². The maximum absolute atomic E-state index is 9.09. The third kappa shape index (κ3) is 2.74. The predicted molar refractivity (Wildman–Crippen MR) is 64.5 cm³/mol. The molecule has 0 spiro atoms. The van der Waals surface area contributed by atoms with Gasteiger partial charge in [0.1, 0.15) is 0 Å². The van der Waals surface area contributed by atoms with Crippen molar-refractivity contribution in [3.05, 3.63) is 35.7 Å². The summed E-state index contributed by atoms with van der Waals surface area (Å²) in [5.74, 6) is 0. The van der Waals surface area contributed by atoms with Gasteiger partial charge in [-0.3, -0.25) is 4.68 Å². The highest BCUT2D eigenvalue weighted by atomic mass is 16.3. The quantitative estimate of drug-likeness (QED) is 0.847. The van der Waals surface area contributed by atoms with Crippen molar-refractivity contribution in [3.8, 4) is 0 Å². The van der Waals surface area contributed by atoms with Crippen LogP contribution in [-0.2, 0) is 19.7 Å². The minimum Gasteiger partial charge on any atom is -0.390 e. The molecule has 0 bridgehead atoms. The highest BCUT2D eigenvalue weighted by molar-refractivity contribution is 5.06. The second-order valence-electron chi connectivity index (χ2n) is 4.24. The van der Waals surface area contributed by atoms with Crippen LogP contribution in [0.25, 0.3) is 0 Å². The second kappa shape index (κ2) is 5.14. The molecule has 0 unspecified atom stereocenters. The van der Waals surface area contributed by atoms with Crippen LogP contribution in [0.5, 0.6) is 0 Å². The Bertz CT molecular complexity index is 486. The average molecular weight is 234 g/mol. The van der Waals surface area contributed by atoms with Gasteiger partial charge in [-0.25, -0.2) is 4.98 Å². The Morgan fingerprint density at radius 1 is 1.29 bits per heavy atom. The monoisotopic (exact) mass is 234 g/mol. The summed E-state index contributed by atoms with van der Waals surface area (Å²) in [6.07, 6.45) is 4.43. The van der Waals surface area contributed by atoms with Gasteiger partial charge in [0, 0.05) is 18.8 Å². The molecule has 0 radical (unpaired) electrons. The molecule has 2 aromatic rings. The van der Waals surface area contributed by atoms with E-state index in [1.54, 1.807) is 12.5 Å². The van der Waals surface area contributed by atoms with Crippen molar-refractivity contribution in [3.63, 3.8) is 0 Å². The standard InChI is InChI=1S/C12H18N4O/c1-10-6-11(2)16(14-10)5-3-4-15-9-13-7-12(15)8-17/h6-7,9,17H,3-5,8H2,1-2H3. The Kier molecular flexibility index (Phi) is 3.58. The molecule has 0 fully saturated rings. The number of hydrogen-bond donors (Lipinski definition) is 1. The maximum Gasteiger partial charge on any atom is 0.0948 e. The summed E-state index contributed by atoms with van der Waals surface area (Å²) in [4.78, 5) is 4.02. The summed E-state index contributed by atoms with van der Waals surface area (Å²) in [6, 6.07) is 2.08. The van der Waals surface area contributed by atoms with E-state index in [1.807, 2.05) is 16.2 Å². The minimum absolute atomic E-state index is 0.0416. The van der Waals surface area contributed by atoms with E-state index in [-0.39, 0.29) is 6.61 Å². The van der Waals surface area contributed by atoms with E-state index in [4.69, 9.17) is 5.11 Å². The van der Waals surface area contributed by atoms with Gasteiger partial charge in [0.25, 0.3) is 0 Å². The molecule has 5 heteroatoms. The molecule has 0 amide bonds. The summed E-state index contributed by atoms with van der Waals surface area (Å²) >= 11 is 0. The first-order valence-corrected chi connectivity index (χ1v) is 5.81. The van der Waals surface area contributed by atoms with Crippen molar-refractivity contribution in [2.24, 2.45) is 0 Å². The van der Waals surface area contributed by atoms with Gasteiger partial charge in [-0.05, 0) is 26.3 Å². The molecule has 2 heterocycles. The number of hydrogen-bond acceptors (Lipinski definition) is 3. The molecule has 0 saturated carbocycles. The summed E-state index contributed by atoms with van der Waals surface area (Å²) in [6.45, 7) is 5.86. The van der Waals surface area contributed by atoms with Crippen molar-refractivity contribution in [2.45, 2.75) is 40.0 Å². The molecule has 92 valence electrons. The Balaban J connectivity index is 1.89. The van der Waals surface area contributed by atoms with Crippen LogP contribution in [0.15, 0.2) is 18.6 Å². The van der Waals surface area contributed by atoms with E-state index < -0.39 is 0 Å².